The van der Waals surface area contributed by atoms with Gasteiger partial charge in [-0.25, -0.2) is 0 Å². The highest BCUT2D eigenvalue weighted by molar-refractivity contribution is 5.42. The molecule has 1 aliphatic heterocycles. The fraction of sp³-hybridized carbons (Fsp3) is 0.667. The SMILES string of the molecule is Cc1cc(CN(CC2CCCNC2)C2CC2)cc(C)c1O. The quantitative estimate of drug-likeness (QED) is 0.874. The molecule has 1 saturated carbocycles. The molecule has 0 amide bonds. The van der Waals surface area contributed by atoms with E-state index in [1.165, 1.54) is 50.9 Å². The van der Waals surface area contributed by atoms with E-state index in [0.29, 0.717) is 5.75 Å². The van der Waals surface area contributed by atoms with Crippen molar-refractivity contribution in [2.45, 2.75) is 52.1 Å². The van der Waals surface area contributed by atoms with Crippen molar-refractivity contribution < 1.29 is 5.11 Å². The number of phenols is 1. The van der Waals surface area contributed by atoms with E-state index in [1.54, 1.807) is 0 Å². The van der Waals surface area contributed by atoms with Crippen LogP contribution in [0.25, 0.3) is 0 Å². The lowest BCUT2D eigenvalue weighted by Crippen LogP contribution is -2.39. The maximum absolute atomic E-state index is 9.93. The molecule has 0 radical (unpaired) electrons. The van der Waals surface area contributed by atoms with Crippen molar-refractivity contribution in [1.29, 1.82) is 0 Å². The largest absolute Gasteiger partial charge is 0.507 e. The predicted octanol–water partition coefficient (Wildman–Crippen LogP) is 2.97. The average molecular weight is 288 g/mol. The summed E-state index contributed by atoms with van der Waals surface area (Å²) in [6.45, 7) is 8.61. The molecule has 2 fully saturated rings. The fourth-order valence-corrected chi connectivity index (χ4v) is 3.57. The van der Waals surface area contributed by atoms with Crippen LogP contribution in [-0.4, -0.2) is 35.7 Å². The zero-order valence-corrected chi connectivity index (χ0v) is 13.4. The zero-order valence-electron chi connectivity index (χ0n) is 13.4. The maximum Gasteiger partial charge on any atom is 0.121 e. The van der Waals surface area contributed by atoms with Gasteiger partial charge in [0.15, 0.2) is 0 Å². The number of nitrogens with one attached hydrogen (secondary N) is 1. The first-order chi connectivity index (χ1) is 10.1. The molecule has 1 aromatic rings. The van der Waals surface area contributed by atoms with Crippen LogP contribution in [0.2, 0.25) is 0 Å². The number of nitrogens with zero attached hydrogens (tertiary/aromatic N) is 1. The van der Waals surface area contributed by atoms with Gasteiger partial charge in [0.1, 0.15) is 5.75 Å². The summed E-state index contributed by atoms with van der Waals surface area (Å²) in [6.07, 6.45) is 5.40. The highest BCUT2D eigenvalue weighted by atomic mass is 16.3. The average Bonchev–Trinajstić information content (AvgIpc) is 3.30. The molecule has 1 heterocycles. The van der Waals surface area contributed by atoms with Crippen LogP contribution in [0.1, 0.15) is 42.4 Å². The molecule has 2 N–H and O–H groups in total. The minimum atomic E-state index is 0.452. The Bertz CT molecular complexity index is 467. The highest BCUT2D eigenvalue weighted by Gasteiger charge is 2.31. The Kier molecular flexibility index (Phi) is 4.51. The van der Waals surface area contributed by atoms with E-state index in [-0.39, 0.29) is 0 Å². The number of aryl methyl sites for hydroxylation is 2. The van der Waals surface area contributed by atoms with Gasteiger partial charge >= 0.3 is 0 Å². The molecule has 1 aromatic carbocycles. The Morgan fingerprint density at radius 2 is 1.90 bits per heavy atom. The minimum absolute atomic E-state index is 0.452. The summed E-state index contributed by atoms with van der Waals surface area (Å²) in [6, 6.07) is 5.09. The van der Waals surface area contributed by atoms with E-state index in [0.717, 1.165) is 29.6 Å². The number of piperidine rings is 1. The minimum Gasteiger partial charge on any atom is -0.507 e. The molecule has 21 heavy (non-hydrogen) atoms. The summed E-state index contributed by atoms with van der Waals surface area (Å²) in [5, 5.41) is 13.5. The highest BCUT2D eigenvalue weighted by Crippen LogP contribution is 2.31. The summed E-state index contributed by atoms with van der Waals surface area (Å²) < 4.78 is 0. The summed E-state index contributed by atoms with van der Waals surface area (Å²) in [5.74, 6) is 1.26. The van der Waals surface area contributed by atoms with Crippen molar-refractivity contribution in [3.05, 3.63) is 28.8 Å². The van der Waals surface area contributed by atoms with Crippen LogP contribution in [0, 0.1) is 19.8 Å². The standard InChI is InChI=1S/C18H28N2O/c1-13-8-16(9-14(2)18(13)21)12-20(17-5-6-17)11-15-4-3-7-19-10-15/h8-9,15,17,19,21H,3-7,10-12H2,1-2H3. The third-order valence-corrected chi connectivity index (χ3v) is 4.89. The third kappa shape index (κ3) is 3.78. The van der Waals surface area contributed by atoms with Crippen molar-refractivity contribution >= 4 is 0 Å². The first-order valence-corrected chi connectivity index (χ1v) is 8.37. The Morgan fingerprint density at radius 3 is 2.48 bits per heavy atom. The number of benzene rings is 1. The number of hydrogen-bond acceptors (Lipinski definition) is 3. The Balaban J connectivity index is 1.67. The molecule has 116 valence electrons. The van der Waals surface area contributed by atoms with Gasteiger partial charge in [-0.3, -0.25) is 4.90 Å². The zero-order chi connectivity index (χ0) is 14.8. The number of hydrogen-bond donors (Lipinski definition) is 2. The Labute approximate surface area is 128 Å². The second-order valence-electron chi connectivity index (χ2n) is 6.95. The van der Waals surface area contributed by atoms with Crippen LogP contribution < -0.4 is 5.32 Å². The monoisotopic (exact) mass is 288 g/mol. The van der Waals surface area contributed by atoms with Gasteiger partial charge in [-0.2, -0.15) is 0 Å². The first kappa shape index (κ1) is 14.9. The normalized spacial score (nSPS) is 22.7. The van der Waals surface area contributed by atoms with Gasteiger partial charge in [0.25, 0.3) is 0 Å². The molecule has 2 aliphatic rings. The maximum atomic E-state index is 9.93. The van der Waals surface area contributed by atoms with Crippen molar-refractivity contribution in [3.63, 3.8) is 0 Å². The van der Waals surface area contributed by atoms with Gasteiger partial charge in [-0.15, -0.1) is 0 Å². The summed E-state index contributed by atoms with van der Waals surface area (Å²) >= 11 is 0. The fourth-order valence-electron chi connectivity index (χ4n) is 3.57. The van der Waals surface area contributed by atoms with Gasteiger partial charge in [0, 0.05) is 19.1 Å². The van der Waals surface area contributed by atoms with Crippen LogP contribution in [-0.2, 0) is 6.54 Å². The van der Waals surface area contributed by atoms with E-state index in [2.05, 4.69) is 22.3 Å². The molecular formula is C18H28N2O. The van der Waals surface area contributed by atoms with E-state index >= 15 is 0 Å². The van der Waals surface area contributed by atoms with Crippen LogP contribution in [0.4, 0.5) is 0 Å². The Morgan fingerprint density at radius 1 is 1.19 bits per heavy atom. The molecule has 1 atom stereocenters. The van der Waals surface area contributed by atoms with Gasteiger partial charge in [-0.05, 0) is 75.2 Å². The molecular weight excluding hydrogens is 260 g/mol. The van der Waals surface area contributed by atoms with Crippen LogP contribution in [0.3, 0.4) is 0 Å². The molecule has 1 saturated heterocycles. The van der Waals surface area contributed by atoms with Gasteiger partial charge < -0.3 is 10.4 Å². The van der Waals surface area contributed by atoms with E-state index in [1.807, 2.05) is 13.8 Å². The molecule has 3 heteroatoms. The molecule has 3 rings (SSSR count). The second kappa shape index (κ2) is 6.37. The molecule has 3 nitrogen and oxygen atoms in total. The molecule has 0 aromatic heterocycles. The van der Waals surface area contributed by atoms with Crippen molar-refractivity contribution in [2.75, 3.05) is 19.6 Å². The van der Waals surface area contributed by atoms with Crippen molar-refractivity contribution in [2.24, 2.45) is 5.92 Å². The van der Waals surface area contributed by atoms with E-state index in [9.17, 15) is 5.11 Å². The van der Waals surface area contributed by atoms with Gasteiger partial charge in [-0.1, -0.05) is 12.1 Å². The molecule has 1 unspecified atom stereocenters. The summed E-state index contributed by atoms with van der Waals surface area (Å²) in [5.41, 5.74) is 3.35. The number of rotatable bonds is 5. The summed E-state index contributed by atoms with van der Waals surface area (Å²) in [7, 11) is 0. The summed E-state index contributed by atoms with van der Waals surface area (Å²) in [4.78, 5) is 2.67. The van der Waals surface area contributed by atoms with E-state index < -0.39 is 0 Å². The van der Waals surface area contributed by atoms with Crippen LogP contribution in [0.15, 0.2) is 12.1 Å². The van der Waals surface area contributed by atoms with Gasteiger partial charge in [0.05, 0.1) is 0 Å². The second-order valence-corrected chi connectivity index (χ2v) is 6.95. The smallest absolute Gasteiger partial charge is 0.121 e. The lowest BCUT2D eigenvalue weighted by Gasteiger charge is -2.30. The molecule has 0 bridgehead atoms. The topological polar surface area (TPSA) is 35.5 Å². The Hall–Kier alpha value is -1.06. The van der Waals surface area contributed by atoms with E-state index in [4.69, 9.17) is 0 Å². The van der Waals surface area contributed by atoms with Crippen LogP contribution >= 0.6 is 0 Å². The van der Waals surface area contributed by atoms with Crippen molar-refractivity contribution in [3.8, 4) is 5.75 Å². The van der Waals surface area contributed by atoms with Crippen LogP contribution in [0.5, 0.6) is 5.75 Å². The lowest BCUT2D eigenvalue weighted by molar-refractivity contribution is 0.192. The number of aromatic hydroxyl groups is 1. The molecule has 1 aliphatic carbocycles. The van der Waals surface area contributed by atoms with Crippen molar-refractivity contribution in [1.82, 2.24) is 10.2 Å². The predicted molar refractivity (Wildman–Crippen MR) is 86.6 cm³/mol. The first-order valence-electron chi connectivity index (χ1n) is 8.37. The number of phenolic OH excluding ortho intramolecular Hbond substituents is 1. The lowest BCUT2D eigenvalue weighted by atomic mass is 9.98. The molecule has 0 spiro atoms. The third-order valence-electron chi connectivity index (χ3n) is 4.89. The van der Waals surface area contributed by atoms with Gasteiger partial charge in [0.2, 0.25) is 0 Å².